The molecule has 1 aromatic heterocycles. The molecule has 1 aliphatic rings. The quantitative estimate of drug-likeness (QED) is 0.920. The number of aryl methyl sites for hydroxylation is 1. The van der Waals surface area contributed by atoms with Gasteiger partial charge in [0.25, 0.3) is 0 Å². The summed E-state index contributed by atoms with van der Waals surface area (Å²) in [6.07, 6.45) is 5.81. The van der Waals surface area contributed by atoms with E-state index in [1.54, 1.807) is 18.2 Å². The topological polar surface area (TPSA) is 85.2 Å². The molecule has 0 spiro atoms. The van der Waals surface area contributed by atoms with E-state index in [1.165, 1.54) is 10.2 Å². The van der Waals surface area contributed by atoms with Crippen molar-refractivity contribution in [3.8, 4) is 0 Å². The summed E-state index contributed by atoms with van der Waals surface area (Å²) in [6, 6.07) is 4.99. The van der Waals surface area contributed by atoms with E-state index < -0.39 is 20.0 Å². The Bertz CT molecular complexity index is 956. The molecule has 0 amide bonds. The summed E-state index contributed by atoms with van der Waals surface area (Å²) in [5.41, 5.74) is 2.92. The molecular formula is C14H18N2O4S2. The van der Waals surface area contributed by atoms with E-state index >= 15 is 0 Å². The fourth-order valence-electron chi connectivity index (χ4n) is 3.16. The van der Waals surface area contributed by atoms with Gasteiger partial charge in [0.1, 0.15) is 0 Å². The van der Waals surface area contributed by atoms with Crippen LogP contribution in [0.15, 0.2) is 18.2 Å². The highest BCUT2D eigenvalue weighted by Crippen LogP contribution is 2.34. The van der Waals surface area contributed by atoms with Crippen molar-refractivity contribution in [3.05, 3.63) is 29.5 Å². The second kappa shape index (κ2) is 4.99. The molecule has 8 heteroatoms. The summed E-state index contributed by atoms with van der Waals surface area (Å²) in [5.74, 6) is 0. The molecule has 6 nitrogen and oxygen atoms in total. The lowest BCUT2D eigenvalue weighted by atomic mass is 9.95. The highest BCUT2D eigenvalue weighted by Gasteiger charge is 2.24. The number of nitrogens with one attached hydrogen (secondary N) is 1. The molecule has 3 rings (SSSR count). The van der Waals surface area contributed by atoms with Crippen molar-refractivity contribution in [2.45, 2.75) is 25.7 Å². The Labute approximate surface area is 130 Å². The largest absolute Gasteiger partial charge is 0.284 e. The van der Waals surface area contributed by atoms with Crippen LogP contribution in [0.1, 0.15) is 24.1 Å². The molecule has 120 valence electrons. The second-order valence-corrected chi connectivity index (χ2v) is 9.35. The van der Waals surface area contributed by atoms with E-state index in [0.29, 0.717) is 11.2 Å². The van der Waals surface area contributed by atoms with Gasteiger partial charge < -0.3 is 0 Å². The Balaban J connectivity index is 2.30. The number of hydrogen-bond donors (Lipinski definition) is 1. The number of aromatic nitrogens is 1. The number of anilines is 1. The minimum Gasteiger partial charge on any atom is -0.284 e. The lowest BCUT2D eigenvalue weighted by molar-refractivity contribution is 0.588. The molecule has 22 heavy (non-hydrogen) atoms. The van der Waals surface area contributed by atoms with Crippen molar-refractivity contribution >= 4 is 36.6 Å². The van der Waals surface area contributed by atoms with Gasteiger partial charge in [-0.15, -0.1) is 0 Å². The zero-order chi connectivity index (χ0) is 16.1. The molecule has 0 saturated heterocycles. The molecular weight excluding hydrogens is 324 g/mol. The SMILES string of the molecule is CS(=O)(=O)Nc1ccc2c(c1)c1c(n2S(C)(=O)=O)CCCC1. The van der Waals surface area contributed by atoms with Crippen LogP contribution in [0.2, 0.25) is 0 Å². The Hall–Kier alpha value is -1.54. The van der Waals surface area contributed by atoms with Crippen LogP contribution in [0.4, 0.5) is 5.69 Å². The predicted octanol–water partition coefficient (Wildman–Crippen LogP) is 1.70. The van der Waals surface area contributed by atoms with Crippen molar-refractivity contribution < 1.29 is 16.8 Å². The second-order valence-electron chi connectivity index (χ2n) is 5.77. The van der Waals surface area contributed by atoms with Crippen molar-refractivity contribution in [2.24, 2.45) is 0 Å². The highest BCUT2D eigenvalue weighted by molar-refractivity contribution is 7.92. The Kier molecular flexibility index (Phi) is 3.48. The summed E-state index contributed by atoms with van der Waals surface area (Å²) in [6.45, 7) is 0. The molecule has 0 unspecified atom stereocenters. The van der Waals surface area contributed by atoms with Crippen LogP contribution in [-0.2, 0) is 32.9 Å². The van der Waals surface area contributed by atoms with Gasteiger partial charge in [-0.3, -0.25) is 4.72 Å². The van der Waals surface area contributed by atoms with E-state index in [2.05, 4.69) is 4.72 Å². The molecule has 0 atom stereocenters. The van der Waals surface area contributed by atoms with Gasteiger partial charge in [-0.05, 0) is 49.4 Å². The third-order valence-corrected chi connectivity index (χ3v) is 5.55. The van der Waals surface area contributed by atoms with E-state index in [0.717, 1.165) is 48.6 Å². The molecule has 0 bridgehead atoms. The first-order valence-electron chi connectivity index (χ1n) is 7.01. The Morgan fingerprint density at radius 1 is 1.05 bits per heavy atom. The molecule has 0 radical (unpaired) electrons. The summed E-state index contributed by atoms with van der Waals surface area (Å²) < 4.78 is 50.9. The maximum Gasteiger partial charge on any atom is 0.236 e. The third kappa shape index (κ3) is 2.72. The van der Waals surface area contributed by atoms with Gasteiger partial charge in [0.05, 0.1) is 18.0 Å². The summed E-state index contributed by atoms with van der Waals surface area (Å²) >= 11 is 0. The fraction of sp³-hybridized carbons (Fsp3) is 0.429. The number of benzene rings is 1. The monoisotopic (exact) mass is 342 g/mol. The lowest BCUT2D eigenvalue weighted by Crippen LogP contribution is -2.15. The van der Waals surface area contributed by atoms with Crippen LogP contribution in [0, 0.1) is 0 Å². The molecule has 1 aliphatic carbocycles. The summed E-state index contributed by atoms with van der Waals surface area (Å²) in [5, 5.41) is 0.814. The number of fused-ring (bicyclic) bond motifs is 3. The molecule has 1 heterocycles. The van der Waals surface area contributed by atoms with Gasteiger partial charge in [0, 0.05) is 16.8 Å². The van der Waals surface area contributed by atoms with Crippen molar-refractivity contribution in [1.29, 1.82) is 0 Å². The smallest absolute Gasteiger partial charge is 0.236 e. The number of nitrogens with zero attached hydrogens (tertiary/aromatic N) is 1. The van der Waals surface area contributed by atoms with E-state index in [1.807, 2.05) is 0 Å². The zero-order valence-electron chi connectivity index (χ0n) is 12.5. The van der Waals surface area contributed by atoms with Crippen LogP contribution in [0.3, 0.4) is 0 Å². The van der Waals surface area contributed by atoms with Gasteiger partial charge in [-0.25, -0.2) is 20.8 Å². The normalized spacial score (nSPS) is 15.7. The van der Waals surface area contributed by atoms with Crippen LogP contribution in [0.25, 0.3) is 10.9 Å². The standard InChI is InChI=1S/C14H18N2O4S2/c1-21(17,18)15-10-7-8-14-12(9-10)11-5-3-4-6-13(11)16(14)22(2,19)20/h7-9,15H,3-6H2,1-2H3. The van der Waals surface area contributed by atoms with Crippen LogP contribution < -0.4 is 4.72 Å². The minimum absolute atomic E-state index is 0.453. The zero-order valence-corrected chi connectivity index (χ0v) is 14.1. The number of rotatable bonds is 3. The summed E-state index contributed by atoms with van der Waals surface area (Å²) in [4.78, 5) is 0. The van der Waals surface area contributed by atoms with Crippen molar-refractivity contribution in [1.82, 2.24) is 3.97 Å². The van der Waals surface area contributed by atoms with Crippen molar-refractivity contribution in [2.75, 3.05) is 17.2 Å². The first-order valence-corrected chi connectivity index (χ1v) is 10.8. The molecule has 0 fully saturated rings. The summed E-state index contributed by atoms with van der Waals surface area (Å²) in [7, 11) is -6.76. The van der Waals surface area contributed by atoms with Crippen molar-refractivity contribution in [3.63, 3.8) is 0 Å². The van der Waals surface area contributed by atoms with Gasteiger partial charge in [0.15, 0.2) is 0 Å². The van der Waals surface area contributed by atoms with Crippen LogP contribution >= 0.6 is 0 Å². The number of sulfonamides is 1. The Morgan fingerprint density at radius 2 is 1.73 bits per heavy atom. The van der Waals surface area contributed by atoms with E-state index in [9.17, 15) is 16.8 Å². The van der Waals surface area contributed by atoms with Gasteiger partial charge in [-0.2, -0.15) is 0 Å². The first-order chi connectivity index (χ1) is 10.2. The molecule has 0 aliphatic heterocycles. The average Bonchev–Trinajstić information content (AvgIpc) is 2.70. The molecule has 1 N–H and O–H groups in total. The van der Waals surface area contributed by atoms with Gasteiger partial charge >= 0.3 is 0 Å². The van der Waals surface area contributed by atoms with Crippen LogP contribution in [0.5, 0.6) is 0 Å². The molecule has 1 aromatic carbocycles. The Morgan fingerprint density at radius 3 is 2.36 bits per heavy atom. The minimum atomic E-state index is -3.40. The van der Waals surface area contributed by atoms with E-state index in [4.69, 9.17) is 0 Å². The first kappa shape index (κ1) is 15.4. The average molecular weight is 342 g/mol. The van der Waals surface area contributed by atoms with Gasteiger partial charge in [-0.1, -0.05) is 0 Å². The number of hydrogen-bond acceptors (Lipinski definition) is 4. The van der Waals surface area contributed by atoms with E-state index in [-0.39, 0.29) is 0 Å². The maximum atomic E-state index is 12.1. The van der Waals surface area contributed by atoms with Gasteiger partial charge in [0.2, 0.25) is 20.0 Å². The predicted molar refractivity (Wildman–Crippen MR) is 87.3 cm³/mol. The van der Waals surface area contributed by atoms with Crippen LogP contribution in [-0.4, -0.2) is 33.3 Å². The highest BCUT2D eigenvalue weighted by atomic mass is 32.2. The lowest BCUT2D eigenvalue weighted by Gasteiger charge is -2.14. The maximum absolute atomic E-state index is 12.1. The molecule has 2 aromatic rings. The fourth-order valence-corrected chi connectivity index (χ4v) is 4.83. The third-order valence-electron chi connectivity index (χ3n) is 3.86. The molecule has 0 saturated carbocycles.